The number of aliphatic hydroxyl groups excluding tert-OH is 1. The SMILES string of the molecule is C[C@H](CCC(O)C(C)(C)O)CC(=O)OCc1ccccc1. The zero-order chi connectivity index (χ0) is 15.9. The zero-order valence-electron chi connectivity index (χ0n) is 13.1. The van der Waals surface area contributed by atoms with E-state index in [0.29, 0.717) is 25.9 Å². The Morgan fingerprint density at radius 3 is 2.43 bits per heavy atom. The van der Waals surface area contributed by atoms with Crippen LogP contribution in [0.4, 0.5) is 0 Å². The number of carbonyl (C=O) groups is 1. The molecule has 1 unspecified atom stereocenters. The average Bonchev–Trinajstić information content (AvgIpc) is 2.42. The molecule has 4 nitrogen and oxygen atoms in total. The van der Waals surface area contributed by atoms with Crippen molar-refractivity contribution in [3.05, 3.63) is 35.9 Å². The molecule has 0 radical (unpaired) electrons. The topological polar surface area (TPSA) is 66.8 Å². The number of rotatable bonds is 8. The highest BCUT2D eigenvalue weighted by molar-refractivity contribution is 5.69. The van der Waals surface area contributed by atoms with Gasteiger partial charge in [-0.25, -0.2) is 0 Å². The molecule has 21 heavy (non-hydrogen) atoms. The first-order valence-electron chi connectivity index (χ1n) is 7.39. The summed E-state index contributed by atoms with van der Waals surface area (Å²) >= 11 is 0. The Balaban J connectivity index is 2.25. The highest BCUT2D eigenvalue weighted by atomic mass is 16.5. The number of benzene rings is 1. The third-order valence-electron chi connectivity index (χ3n) is 3.51. The second-order valence-electron chi connectivity index (χ2n) is 6.20. The van der Waals surface area contributed by atoms with Crippen LogP contribution >= 0.6 is 0 Å². The van der Waals surface area contributed by atoms with Crippen LogP contribution in [-0.4, -0.2) is 27.9 Å². The van der Waals surface area contributed by atoms with Gasteiger partial charge >= 0.3 is 5.97 Å². The van der Waals surface area contributed by atoms with Crippen LogP contribution in [0.2, 0.25) is 0 Å². The lowest BCUT2D eigenvalue weighted by molar-refractivity contribution is -0.146. The summed E-state index contributed by atoms with van der Waals surface area (Å²) in [4.78, 5) is 11.7. The van der Waals surface area contributed by atoms with E-state index in [2.05, 4.69) is 0 Å². The van der Waals surface area contributed by atoms with Crippen LogP contribution in [0.3, 0.4) is 0 Å². The smallest absolute Gasteiger partial charge is 0.306 e. The van der Waals surface area contributed by atoms with Crippen molar-refractivity contribution in [2.24, 2.45) is 5.92 Å². The minimum Gasteiger partial charge on any atom is -0.461 e. The maximum atomic E-state index is 11.7. The van der Waals surface area contributed by atoms with Crippen molar-refractivity contribution < 1.29 is 19.7 Å². The van der Waals surface area contributed by atoms with Crippen molar-refractivity contribution in [2.45, 2.75) is 58.3 Å². The Bertz CT molecular complexity index is 422. The molecule has 4 heteroatoms. The molecule has 0 saturated carbocycles. The molecule has 1 aromatic rings. The van der Waals surface area contributed by atoms with Gasteiger partial charge in [-0.2, -0.15) is 0 Å². The first-order valence-corrected chi connectivity index (χ1v) is 7.39. The van der Waals surface area contributed by atoms with E-state index in [-0.39, 0.29) is 11.9 Å². The standard InChI is InChI=1S/C17H26O4/c1-13(9-10-15(18)17(2,3)20)11-16(19)21-12-14-7-5-4-6-8-14/h4-8,13,15,18,20H,9-12H2,1-3H3/t13-,15?/m1/s1. The summed E-state index contributed by atoms with van der Waals surface area (Å²) in [5.41, 5.74) is -0.135. The van der Waals surface area contributed by atoms with E-state index in [9.17, 15) is 15.0 Å². The monoisotopic (exact) mass is 294 g/mol. The average molecular weight is 294 g/mol. The van der Waals surface area contributed by atoms with Gasteiger partial charge in [-0.05, 0) is 38.2 Å². The second kappa shape index (κ2) is 8.15. The molecule has 1 rings (SSSR count). The highest BCUT2D eigenvalue weighted by Gasteiger charge is 2.24. The third kappa shape index (κ3) is 7.25. The quantitative estimate of drug-likeness (QED) is 0.723. The van der Waals surface area contributed by atoms with E-state index < -0.39 is 11.7 Å². The van der Waals surface area contributed by atoms with E-state index in [1.807, 2.05) is 37.3 Å². The molecule has 0 bridgehead atoms. The van der Waals surface area contributed by atoms with Crippen molar-refractivity contribution in [3.63, 3.8) is 0 Å². The summed E-state index contributed by atoms with van der Waals surface area (Å²) in [6, 6.07) is 9.56. The lowest BCUT2D eigenvalue weighted by Gasteiger charge is -2.25. The minimum absolute atomic E-state index is 0.116. The molecule has 0 aliphatic carbocycles. The molecular weight excluding hydrogens is 268 g/mol. The van der Waals surface area contributed by atoms with Crippen molar-refractivity contribution in [1.29, 1.82) is 0 Å². The molecule has 118 valence electrons. The summed E-state index contributed by atoms with van der Waals surface area (Å²) < 4.78 is 5.22. The first kappa shape index (κ1) is 17.7. The number of esters is 1. The summed E-state index contributed by atoms with van der Waals surface area (Å²) in [5, 5.41) is 19.4. The number of hydrogen-bond donors (Lipinski definition) is 2. The Kier molecular flexibility index (Phi) is 6.85. The Labute approximate surface area is 126 Å². The van der Waals surface area contributed by atoms with E-state index in [1.54, 1.807) is 13.8 Å². The minimum atomic E-state index is -1.10. The molecule has 1 aromatic carbocycles. The Morgan fingerprint density at radius 2 is 1.86 bits per heavy atom. The summed E-state index contributed by atoms with van der Waals surface area (Å²) in [7, 11) is 0. The maximum absolute atomic E-state index is 11.7. The molecule has 0 aliphatic heterocycles. The van der Waals surface area contributed by atoms with Gasteiger partial charge in [-0.1, -0.05) is 37.3 Å². The first-order chi connectivity index (χ1) is 9.79. The van der Waals surface area contributed by atoms with Crippen molar-refractivity contribution in [3.8, 4) is 0 Å². The summed E-state index contributed by atoms with van der Waals surface area (Å²) in [6.07, 6.45) is 0.688. The van der Waals surface area contributed by atoms with Gasteiger partial charge in [0.1, 0.15) is 6.61 Å². The maximum Gasteiger partial charge on any atom is 0.306 e. The van der Waals surface area contributed by atoms with Gasteiger partial charge in [0.05, 0.1) is 11.7 Å². The number of ether oxygens (including phenoxy) is 1. The number of aliphatic hydroxyl groups is 2. The number of hydrogen-bond acceptors (Lipinski definition) is 4. The van der Waals surface area contributed by atoms with Crippen LogP contribution in [-0.2, 0) is 16.1 Å². The van der Waals surface area contributed by atoms with Crippen LogP contribution in [0.1, 0.15) is 45.6 Å². The lowest BCUT2D eigenvalue weighted by Crippen LogP contribution is -2.36. The molecule has 0 aromatic heterocycles. The van der Waals surface area contributed by atoms with E-state index in [4.69, 9.17) is 4.74 Å². The predicted molar refractivity (Wildman–Crippen MR) is 81.6 cm³/mol. The van der Waals surface area contributed by atoms with Gasteiger partial charge < -0.3 is 14.9 Å². The van der Waals surface area contributed by atoms with Crippen molar-refractivity contribution in [2.75, 3.05) is 0 Å². The number of carbonyl (C=O) groups excluding carboxylic acids is 1. The predicted octanol–water partition coefficient (Wildman–Crippen LogP) is 2.67. The van der Waals surface area contributed by atoms with Gasteiger partial charge in [0.25, 0.3) is 0 Å². The molecule has 2 N–H and O–H groups in total. The van der Waals surface area contributed by atoms with Crippen LogP contribution in [0.25, 0.3) is 0 Å². The van der Waals surface area contributed by atoms with E-state index in [1.165, 1.54) is 0 Å². The fourth-order valence-corrected chi connectivity index (χ4v) is 1.98. The molecule has 0 saturated heterocycles. The van der Waals surface area contributed by atoms with Crippen LogP contribution in [0.15, 0.2) is 30.3 Å². The van der Waals surface area contributed by atoms with Gasteiger partial charge in [0, 0.05) is 6.42 Å². The fraction of sp³-hybridized carbons (Fsp3) is 0.588. The van der Waals surface area contributed by atoms with E-state index >= 15 is 0 Å². The third-order valence-corrected chi connectivity index (χ3v) is 3.51. The van der Waals surface area contributed by atoms with Crippen molar-refractivity contribution in [1.82, 2.24) is 0 Å². The van der Waals surface area contributed by atoms with Crippen molar-refractivity contribution >= 4 is 5.97 Å². The zero-order valence-corrected chi connectivity index (χ0v) is 13.1. The van der Waals surface area contributed by atoms with Crippen LogP contribution in [0, 0.1) is 5.92 Å². The largest absolute Gasteiger partial charge is 0.461 e. The summed E-state index contributed by atoms with van der Waals surface area (Å²) in [6.45, 7) is 5.40. The lowest BCUT2D eigenvalue weighted by atomic mass is 9.92. The molecule has 0 heterocycles. The molecule has 0 aliphatic rings. The molecule has 0 spiro atoms. The molecular formula is C17H26O4. The molecule has 2 atom stereocenters. The van der Waals surface area contributed by atoms with Gasteiger partial charge in [0.15, 0.2) is 0 Å². The highest BCUT2D eigenvalue weighted by Crippen LogP contribution is 2.19. The van der Waals surface area contributed by atoms with Gasteiger partial charge in [-0.3, -0.25) is 4.79 Å². The normalized spacial score (nSPS) is 14.5. The van der Waals surface area contributed by atoms with Crippen LogP contribution in [0.5, 0.6) is 0 Å². The van der Waals surface area contributed by atoms with Gasteiger partial charge in [-0.15, -0.1) is 0 Å². The Morgan fingerprint density at radius 1 is 1.24 bits per heavy atom. The second-order valence-corrected chi connectivity index (χ2v) is 6.20. The van der Waals surface area contributed by atoms with Gasteiger partial charge in [0.2, 0.25) is 0 Å². The summed E-state index contributed by atoms with van der Waals surface area (Å²) in [5.74, 6) is -0.116. The fourth-order valence-electron chi connectivity index (χ4n) is 1.98. The Hall–Kier alpha value is -1.39. The molecule has 0 amide bonds. The molecule has 0 fully saturated rings. The van der Waals surface area contributed by atoms with Crippen LogP contribution < -0.4 is 0 Å². The van der Waals surface area contributed by atoms with E-state index in [0.717, 1.165) is 5.56 Å².